The molecule has 2 rings (SSSR count). The molecule has 2 aromatic rings. The highest BCUT2D eigenvalue weighted by Crippen LogP contribution is 2.20. The lowest BCUT2D eigenvalue weighted by atomic mass is 10.0. The molecule has 0 spiro atoms. The number of hydrogen-bond acceptors (Lipinski definition) is 1. The first-order chi connectivity index (χ1) is 9.19. The van der Waals surface area contributed by atoms with Gasteiger partial charge < -0.3 is 5.32 Å². The van der Waals surface area contributed by atoms with Crippen molar-refractivity contribution in [2.75, 3.05) is 5.32 Å². The maximum Gasteiger partial charge on any atom is 0.0485 e. The number of nitrogens with one attached hydrogen (secondary N) is 1. The molecule has 1 unspecified atom stereocenters. The van der Waals surface area contributed by atoms with Crippen LogP contribution in [-0.2, 0) is 6.42 Å². The van der Waals surface area contributed by atoms with Crippen molar-refractivity contribution in [2.45, 2.75) is 39.7 Å². The Hall–Kier alpha value is -1.76. The van der Waals surface area contributed by atoms with Gasteiger partial charge in [-0.15, -0.1) is 0 Å². The first-order valence-electron chi connectivity index (χ1n) is 7.11. The summed E-state index contributed by atoms with van der Waals surface area (Å²) in [5.74, 6) is 0. The third-order valence-corrected chi connectivity index (χ3v) is 3.45. The van der Waals surface area contributed by atoms with Crippen LogP contribution >= 0.6 is 0 Å². The second kappa shape index (κ2) is 6.42. The fourth-order valence-electron chi connectivity index (χ4n) is 2.24. The molecule has 0 aliphatic carbocycles. The minimum Gasteiger partial charge on any atom is -0.379 e. The van der Waals surface area contributed by atoms with Crippen molar-refractivity contribution >= 4 is 5.69 Å². The molecular formula is C18H23N. The molecule has 0 fully saturated rings. The van der Waals surface area contributed by atoms with Crippen LogP contribution in [0, 0.1) is 6.92 Å². The molecule has 2 aromatic carbocycles. The van der Waals surface area contributed by atoms with E-state index in [1.807, 2.05) is 0 Å². The molecular weight excluding hydrogens is 230 g/mol. The van der Waals surface area contributed by atoms with E-state index in [4.69, 9.17) is 0 Å². The third-order valence-electron chi connectivity index (χ3n) is 3.45. The molecule has 0 amide bonds. The Labute approximate surface area is 116 Å². The van der Waals surface area contributed by atoms with Gasteiger partial charge >= 0.3 is 0 Å². The zero-order valence-corrected chi connectivity index (χ0v) is 12.1. The third kappa shape index (κ3) is 3.85. The van der Waals surface area contributed by atoms with Crippen molar-refractivity contribution in [3.63, 3.8) is 0 Å². The molecule has 1 nitrogen and oxygen atoms in total. The molecule has 0 saturated carbocycles. The van der Waals surface area contributed by atoms with E-state index in [2.05, 4.69) is 74.6 Å². The van der Waals surface area contributed by atoms with Crippen molar-refractivity contribution in [2.24, 2.45) is 0 Å². The molecule has 100 valence electrons. The molecule has 0 radical (unpaired) electrons. The summed E-state index contributed by atoms with van der Waals surface area (Å²) in [6.45, 7) is 6.53. The summed E-state index contributed by atoms with van der Waals surface area (Å²) >= 11 is 0. The van der Waals surface area contributed by atoms with E-state index in [-0.39, 0.29) is 0 Å². The van der Waals surface area contributed by atoms with Crippen LogP contribution in [0.15, 0.2) is 48.5 Å². The average molecular weight is 253 g/mol. The van der Waals surface area contributed by atoms with Crippen LogP contribution in [0.5, 0.6) is 0 Å². The minimum atomic E-state index is 0.332. The van der Waals surface area contributed by atoms with E-state index in [1.165, 1.54) is 35.2 Å². The van der Waals surface area contributed by atoms with Crippen molar-refractivity contribution in [3.8, 4) is 0 Å². The Balaban J connectivity index is 2.02. The molecule has 1 N–H and O–H groups in total. The first kappa shape index (κ1) is 13.7. The van der Waals surface area contributed by atoms with Gasteiger partial charge in [-0.05, 0) is 43.5 Å². The maximum absolute atomic E-state index is 3.54. The fourth-order valence-corrected chi connectivity index (χ4v) is 2.24. The fraction of sp³-hybridized carbons (Fsp3) is 0.333. The second-order valence-electron chi connectivity index (χ2n) is 5.22. The van der Waals surface area contributed by atoms with E-state index in [0.717, 1.165) is 0 Å². The molecule has 19 heavy (non-hydrogen) atoms. The number of hydrogen-bond donors (Lipinski definition) is 1. The van der Waals surface area contributed by atoms with Crippen molar-refractivity contribution in [1.82, 2.24) is 0 Å². The lowest BCUT2D eigenvalue weighted by Gasteiger charge is -2.16. The van der Waals surface area contributed by atoms with Crippen LogP contribution in [0.3, 0.4) is 0 Å². The van der Waals surface area contributed by atoms with Gasteiger partial charge in [0.1, 0.15) is 0 Å². The van der Waals surface area contributed by atoms with E-state index < -0.39 is 0 Å². The van der Waals surface area contributed by atoms with Crippen LogP contribution in [0.25, 0.3) is 0 Å². The molecule has 0 heterocycles. The van der Waals surface area contributed by atoms with E-state index >= 15 is 0 Å². The summed E-state index contributed by atoms with van der Waals surface area (Å²) in [4.78, 5) is 0. The Morgan fingerprint density at radius 2 is 1.58 bits per heavy atom. The lowest BCUT2D eigenvalue weighted by Crippen LogP contribution is -2.06. The van der Waals surface area contributed by atoms with Crippen molar-refractivity contribution in [3.05, 3.63) is 65.2 Å². The average Bonchev–Trinajstić information content (AvgIpc) is 2.42. The summed E-state index contributed by atoms with van der Waals surface area (Å²) < 4.78 is 0. The molecule has 1 atom stereocenters. The van der Waals surface area contributed by atoms with Gasteiger partial charge in [0.25, 0.3) is 0 Å². The van der Waals surface area contributed by atoms with Crippen LogP contribution in [-0.4, -0.2) is 0 Å². The van der Waals surface area contributed by atoms with E-state index in [0.29, 0.717) is 6.04 Å². The summed E-state index contributed by atoms with van der Waals surface area (Å²) in [6, 6.07) is 17.8. The number of rotatable bonds is 5. The van der Waals surface area contributed by atoms with Crippen LogP contribution < -0.4 is 5.32 Å². The summed E-state index contributed by atoms with van der Waals surface area (Å²) in [6.07, 6.45) is 2.37. The first-order valence-corrected chi connectivity index (χ1v) is 7.11. The molecule has 0 aliphatic rings. The standard InChI is InChI=1S/C18H23N/c1-4-5-16-8-10-17(11-9-16)15(3)19-18-12-6-14(2)7-13-18/h6-13,15,19H,4-5H2,1-3H3. The predicted molar refractivity (Wildman–Crippen MR) is 83.7 cm³/mol. The van der Waals surface area contributed by atoms with Crippen molar-refractivity contribution < 1.29 is 0 Å². The highest BCUT2D eigenvalue weighted by atomic mass is 14.9. The van der Waals surface area contributed by atoms with Crippen LogP contribution in [0.2, 0.25) is 0 Å². The molecule has 0 bridgehead atoms. The minimum absolute atomic E-state index is 0.332. The smallest absolute Gasteiger partial charge is 0.0485 e. The Morgan fingerprint density at radius 1 is 0.947 bits per heavy atom. The molecule has 0 aliphatic heterocycles. The maximum atomic E-state index is 3.54. The van der Waals surface area contributed by atoms with Gasteiger partial charge in [0, 0.05) is 11.7 Å². The summed E-state index contributed by atoms with van der Waals surface area (Å²) in [7, 11) is 0. The molecule has 0 saturated heterocycles. The second-order valence-corrected chi connectivity index (χ2v) is 5.22. The van der Waals surface area contributed by atoms with Crippen LogP contribution in [0.1, 0.15) is 43.0 Å². The van der Waals surface area contributed by atoms with Gasteiger partial charge in [-0.3, -0.25) is 0 Å². The highest BCUT2D eigenvalue weighted by Gasteiger charge is 2.05. The van der Waals surface area contributed by atoms with Gasteiger partial charge in [-0.2, -0.15) is 0 Å². The van der Waals surface area contributed by atoms with Gasteiger partial charge in [0.15, 0.2) is 0 Å². The van der Waals surface area contributed by atoms with E-state index in [9.17, 15) is 0 Å². The Morgan fingerprint density at radius 3 is 2.16 bits per heavy atom. The monoisotopic (exact) mass is 253 g/mol. The normalized spacial score (nSPS) is 12.2. The zero-order chi connectivity index (χ0) is 13.7. The quantitative estimate of drug-likeness (QED) is 0.779. The Bertz CT molecular complexity index is 496. The van der Waals surface area contributed by atoms with E-state index in [1.54, 1.807) is 0 Å². The number of anilines is 1. The summed E-state index contributed by atoms with van der Waals surface area (Å²) in [5, 5.41) is 3.54. The number of benzene rings is 2. The van der Waals surface area contributed by atoms with Gasteiger partial charge in [-0.25, -0.2) is 0 Å². The topological polar surface area (TPSA) is 12.0 Å². The van der Waals surface area contributed by atoms with Gasteiger partial charge in [0.2, 0.25) is 0 Å². The number of aryl methyl sites for hydroxylation is 2. The molecule has 0 aromatic heterocycles. The summed E-state index contributed by atoms with van der Waals surface area (Å²) in [5.41, 5.74) is 5.23. The lowest BCUT2D eigenvalue weighted by molar-refractivity contribution is 0.876. The highest BCUT2D eigenvalue weighted by molar-refractivity contribution is 5.46. The zero-order valence-electron chi connectivity index (χ0n) is 12.1. The molecule has 1 heteroatoms. The SMILES string of the molecule is CCCc1ccc(C(C)Nc2ccc(C)cc2)cc1. The van der Waals surface area contributed by atoms with Gasteiger partial charge in [-0.1, -0.05) is 55.3 Å². The van der Waals surface area contributed by atoms with Crippen molar-refractivity contribution in [1.29, 1.82) is 0 Å². The Kier molecular flexibility index (Phi) is 4.62. The largest absolute Gasteiger partial charge is 0.379 e. The van der Waals surface area contributed by atoms with Crippen LogP contribution in [0.4, 0.5) is 5.69 Å². The van der Waals surface area contributed by atoms with Gasteiger partial charge in [0.05, 0.1) is 0 Å². The predicted octanol–water partition coefficient (Wildman–Crippen LogP) is 5.12.